The zero-order chi connectivity index (χ0) is 32.6. The lowest BCUT2D eigenvalue weighted by molar-refractivity contribution is -0.116. The molecule has 0 radical (unpaired) electrons. The van der Waals surface area contributed by atoms with Crippen LogP contribution in [0.2, 0.25) is 0 Å². The van der Waals surface area contributed by atoms with Gasteiger partial charge in [0, 0.05) is 57.1 Å². The van der Waals surface area contributed by atoms with E-state index in [1.807, 2.05) is 26.0 Å². The quantitative estimate of drug-likeness (QED) is 0.110. The first kappa shape index (κ1) is 32.2. The number of carbonyl (C=O) groups is 1. The van der Waals surface area contributed by atoms with Gasteiger partial charge in [-0.1, -0.05) is 23.4 Å². The van der Waals surface area contributed by atoms with Crippen molar-refractivity contribution in [2.45, 2.75) is 51.7 Å². The third-order valence-electron chi connectivity index (χ3n) is 8.62. The van der Waals surface area contributed by atoms with E-state index in [9.17, 15) is 4.79 Å². The molecule has 2 aliphatic rings. The molecule has 2 aromatic carbocycles. The van der Waals surface area contributed by atoms with E-state index in [0.29, 0.717) is 26.0 Å². The molecule has 1 amide bonds. The van der Waals surface area contributed by atoms with Crippen molar-refractivity contribution in [1.29, 1.82) is 0 Å². The molecule has 4 heterocycles. The van der Waals surface area contributed by atoms with Crippen LogP contribution < -0.4 is 10.1 Å². The van der Waals surface area contributed by atoms with E-state index in [-0.39, 0.29) is 5.91 Å². The Morgan fingerprint density at radius 1 is 1.11 bits per heavy atom. The average Bonchev–Trinajstić information content (AvgIpc) is 3.67. The molecule has 2 aliphatic heterocycles. The van der Waals surface area contributed by atoms with Crippen molar-refractivity contribution in [3.8, 4) is 29.2 Å². The minimum Gasteiger partial charge on any atom is -0.492 e. The van der Waals surface area contributed by atoms with Gasteiger partial charge in [-0.15, -0.1) is 12.3 Å². The number of hydrogen-bond acceptors (Lipinski definition) is 9. The lowest BCUT2D eigenvalue weighted by atomic mass is 10.0. The predicted molar refractivity (Wildman–Crippen MR) is 179 cm³/mol. The van der Waals surface area contributed by atoms with Crippen LogP contribution in [0.4, 0.5) is 0 Å². The van der Waals surface area contributed by atoms with Crippen LogP contribution in [0, 0.1) is 26.2 Å². The molecular formula is C36H41N7O4. The molecule has 6 rings (SSSR count). The first-order chi connectivity index (χ1) is 22.9. The summed E-state index contributed by atoms with van der Waals surface area (Å²) in [6, 6.07) is 14.6. The number of amides is 1. The van der Waals surface area contributed by atoms with Gasteiger partial charge < -0.3 is 23.9 Å². The maximum atomic E-state index is 12.1. The Morgan fingerprint density at radius 3 is 2.64 bits per heavy atom. The molecular weight excluding hydrogens is 594 g/mol. The number of rotatable bonds is 15. The van der Waals surface area contributed by atoms with Crippen molar-refractivity contribution < 1.29 is 18.8 Å². The van der Waals surface area contributed by atoms with Gasteiger partial charge >= 0.3 is 0 Å². The number of morpholine rings is 1. The fourth-order valence-corrected chi connectivity index (χ4v) is 5.93. The van der Waals surface area contributed by atoms with Crippen molar-refractivity contribution in [3.63, 3.8) is 0 Å². The first-order valence-corrected chi connectivity index (χ1v) is 16.2. The Balaban J connectivity index is 1.05. The van der Waals surface area contributed by atoms with Crippen molar-refractivity contribution >= 4 is 16.9 Å². The highest BCUT2D eigenvalue weighted by Gasteiger charge is 2.36. The summed E-state index contributed by atoms with van der Waals surface area (Å²) >= 11 is 0. The zero-order valence-electron chi connectivity index (χ0n) is 27.1. The van der Waals surface area contributed by atoms with Gasteiger partial charge in [-0.05, 0) is 61.7 Å². The first-order valence-electron chi connectivity index (χ1n) is 16.2. The van der Waals surface area contributed by atoms with Crippen LogP contribution in [0.15, 0.2) is 69.4 Å². The number of ether oxygens (including phenoxy) is 2. The van der Waals surface area contributed by atoms with Gasteiger partial charge in [-0.2, -0.15) is 10.2 Å². The fraction of sp³-hybridized carbons (Fsp3) is 0.417. The minimum absolute atomic E-state index is 0.211. The minimum atomic E-state index is -0.613. The summed E-state index contributed by atoms with van der Waals surface area (Å²) in [5.74, 6) is 5.00. The molecule has 0 aliphatic carbocycles. The van der Waals surface area contributed by atoms with Crippen LogP contribution in [0.3, 0.4) is 0 Å². The van der Waals surface area contributed by atoms with Crippen LogP contribution in [0.25, 0.3) is 22.2 Å². The molecule has 244 valence electrons. The van der Waals surface area contributed by atoms with Gasteiger partial charge in [0.2, 0.25) is 11.6 Å². The smallest absolute Gasteiger partial charge is 0.243 e. The molecule has 1 N–H and O–H groups in total. The molecule has 1 saturated heterocycles. The lowest BCUT2D eigenvalue weighted by Gasteiger charge is -2.27. The third kappa shape index (κ3) is 8.14. The van der Waals surface area contributed by atoms with Crippen LogP contribution in [0.1, 0.15) is 35.7 Å². The van der Waals surface area contributed by atoms with Gasteiger partial charge in [0.15, 0.2) is 0 Å². The summed E-state index contributed by atoms with van der Waals surface area (Å²) in [6.07, 6.45) is 11.3. The van der Waals surface area contributed by atoms with E-state index in [0.717, 1.165) is 97.4 Å². The highest BCUT2D eigenvalue weighted by molar-refractivity contribution is 5.87. The summed E-state index contributed by atoms with van der Waals surface area (Å²) in [5, 5.41) is 15.0. The van der Waals surface area contributed by atoms with E-state index in [4.69, 9.17) is 25.4 Å². The Morgan fingerprint density at radius 2 is 1.91 bits per heavy atom. The number of aromatic nitrogens is 3. The Labute approximate surface area is 275 Å². The number of terminal acetylenes is 1. The summed E-state index contributed by atoms with van der Waals surface area (Å²) in [6.45, 7) is 9.96. The van der Waals surface area contributed by atoms with Gasteiger partial charge in [0.05, 0.1) is 36.5 Å². The number of nitrogens with zero attached hydrogens (tertiary/aromatic N) is 6. The number of fused-ring (bicyclic) bond motifs is 1. The van der Waals surface area contributed by atoms with Gasteiger partial charge in [0.1, 0.15) is 23.9 Å². The van der Waals surface area contributed by atoms with E-state index >= 15 is 0 Å². The Kier molecular flexibility index (Phi) is 10.1. The van der Waals surface area contributed by atoms with E-state index in [2.05, 4.69) is 66.4 Å². The van der Waals surface area contributed by atoms with Crippen LogP contribution in [0.5, 0.6) is 5.75 Å². The molecule has 0 unspecified atom stereocenters. The maximum absolute atomic E-state index is 12.1. The normalized spacial score (nSPS) is 15.7. The lowest BCUT2D eigenvalue weighted by Crippen LogP contribution is -2.38. The second kappa shape index (κ2) is 14.8. The Bertz CT molecular complexity index is 1770. The van der Waals surface area contributed by atoms with Crippen molar-refractivity contribution in [2.24, 2.45) is 10.2 Å². The summed E-state index contributed by atoms with van der Waals surface area (Å²) in [5.41, 5.74) is 5.68. The Hall–Kier alpha value is -4.79. The second-order valence-electron chi connectivity index (χ2n) is 11.9. The van der Waals surface area contributed by atoms with E-state index in [1.165, 1.54) is 11.6 Å². The number of imidazole rings is 1. The van der Waals surface area contributed by atoms with Crippen molar-refractivity contribution in [3.05, 3.63) is 77.5 Å². The number of benzene rings is 2. The number of hydrogen-bond donors (Lipinski definition) is 1. The average molecular weight is 636 g/mol. The highest BCUT2D eigenvalue weighted by Crippen LogP contribution is 2.34. The molecule has 11 nitrogen and oxygen atoms in total. The van der Waals surface area contributed by atoms with E-state index < -0.39 is 5.66 Å². The van der Waals surface area contributed by atoms with Crippen LogP contribution in [-0.4, -0.2) is 77.2 Å². The standard InChI is InChI=1S/C36H41N7O4/c1-4-5-15-36(40-41-36)16-14-34(44)37-17-22-46-30-10-6-28(7-11-30)8-13-33-38-31-25-29(35-26(2)39-47-27(35)3)9-12-32(31)43(33)19-18-42-20-23-45-24-21-42/h1,6-7,9-12,14,16,25H,5,8,13,15,17-24H2,2-3H3,(H,37,44). The van der Waals surface area contributed by atoms with E-state index in [1.54, 1.807) is 6.08 Å². The topological polar surface area (TPSA) is 119 Å². The molecule has 47 heavy (non-hydrogen) atoms. The number of nitrogens with one attached hydrogen (secondary N) is 1. The molecule has 4 aromatic rings. The molecule has 0 atom stereocenters. The summed E-state index contributed by atoms with van der Waals surface area (Å²) in [7, 11) is 0. The zero-order valence-corrected chi connectivity index (χ0v) is 27.1. The molecule has 0 saturated carbocycles. The number of carbonyl (C=O) groups excluding carboxylic acids is 1. The monoisotopic (exact) mass is 635 g/mol. The molecule has 2 aromatic heterocycles. The van der Waals surface area contributed by atoms with Crippen LogP contribution in [-0.2, 0) is 28.9 Å². The summed E-state index contributed by atoms with van der Waals surface area (Å²) in [4.78, 5) is 19.7. The molecule has 1 fully saturated rings. The maximum Gasteiger partial charge on any atom is 0.243 e. The van der Waals surface area contributed by atoms with Gasteiger partial charge in [-0.3, -0.25) is 9.69 Å². The molecule has 0 spiro atoms. The second-order valence-corrected chi connectivity index (χ2v) is 11.9. The SMILES string of the molecule is C#CCCC1(C=CC(=O)NCCOc2ccc(CCc3nc4cc(-c5c(C)noc5C)ccc4n3CCN3CCOCC3)cc2)N=N1. The molecule has 11 heteroatoms. The highest BCUT2D eigenvalue weighted by atomic mass is 16.5. The van der Waals surface area contributed by atoms with Crippen molar-refractivity contribution in [1.82, 2.24) is 24.9 Å². The fourth-order valence-electron chi connectivity index (χ4n) is 5.93. The molecule has 0 bridgehead atoms. The summed E-state index contributed by atoms with van der Waals surface area (Å²) < 4.78 is 19.2. The van der Waals surface area contributed by atoms with Crippen LogP contribution >= 0.6 is 0 Å². The number of aryl methyl sites for hydroxylation is 4. The van der Waals surface area contributed by atoms with Crippen molar-refractivity contribution in [2.75, 3.05) is 46.0 Å². The van der Waals surface area contributed by atoms with Gasteiger partial charge in [0.25, 0.3) is 0 Å². The predicted octanol–water partition coefficient (Wildman–Crippen LogP) is 5.05. The third-order valence-corrected chi connectivity index (χ3v) is 8.62. The largest absolute Gasteiger partial charge is 0.492 e. The van der Waals surface area contributed by atoms with Gasteiger partial charge in [-0.25, -0.2) is 4.98 Å².